The van der Waals surface area contributed by atoms with E-state index < -0.39 is 0 Å². The minimum absolute atomic E-state index is 0.000145. The smallest absolute Gasteiger partial charge is 0.298 e. The molecule has 1 aliphatic rings. The summed E-state index contributed by atoms with van der Waals surface area (Å²) in [6, 6.07) is 5.70. The van der Waals surface area contributed by atoms with E-state index in [1.807, 2.05) is 35.0 Å². The van der Waals surface area contributed by atoms with Gasteiger partial charge in [0.05, 0.1) is 22.8 Å². The Kier molecular flexibility index (Phi) is 5.20. The number of pyridine rings is 1. The maximum atomic E-state index is 12.2. The van der Waals surface area contributed by atoms with Crippen molar-refractivity contribution in [3.8, 4) is 11.8 Å². The van der Waals surface area contributed by atoms with E-state index in [-0.39, 0.29) is 11.9 Å². The standard InChI is InChI=1S/C21H21N7O/c1-2-6-18(29)27-12-5-8-16(13-27)28-21-19(20(22)24-14-25-21)17(26-28)10-9-15-7-3-4-11-23-15/h3-4,7,9-11,14,16H,5,8,12-13H2,1H3,(H2,22,24,25)/b10-9+. The molecule has 4 rings (SSSR count). The van der Waals surface area contributed by atoms with Crippen molar-refractivity contribution in [3.63, 3.8) is 0 Å². The van der Waals surface area contributed by atoms with Crippen molar-refractivity contribution < 1.29 is 4.79 Å². The number of nitrogen functional groups attached to an aromatic ring is 1. The zero-order valence-corrected chi connectivity index (χ0v) is 16.1. The fourth-order valence-corrected chi connectivity index (χ4v) is 3.56. The molecule has 146 valence electrons. The van der Waals surface area contributed by atoms with Crippen molar-refractivity contribution in [2.75, 3.05) is 18.8 Å². The van der Waals surface area contributed by atoms with Crippen molar-refractivity contribution in [1.29, 1.82) is 0 Å². The Hall–Kier alpha value is -3.73. The predicted molar refractivity (Wildman–Crippen MR) is 111 cm³/mol. The molecule has 1 unspecified atom stereocenters. The normalized spacial score (nSPS) is 16.7. The molecule has 0 aromatic carbocycles. The summed E-state index contributed by atoms with van der Waals surface area (Å²) >= 11 is 0. The molecule has 0 spiro atoms. The Morgan fingerprint density at radius 2 is 2.17 bits per heavy atom. The van der Waals surface area contributed by atoms with Gasteiger partial charge in [-0.1, -0.05) is 12.0 Å². The van der Waals surface area contributed by atoms with Crippen molar-refractivity contribution >= 4 is 34.9 Å². The van der Waals surface area contributed by atoms with Gasteiger partial charge in [-0.3, -0.25) is 9.78 Å². The number of carbonyl (C=O) groups is 1. The summed E-state index contributed by atoms with van der Waals surface area (Å²) in [5.41, 5.74) is 8.31. The van der Waals surface area contributed by atoms with Gasteiger partial charge in [0, 0.05) is 19.3 Å². The van der Waals surface area contributed by atoms with Gasteiger partial charge in [0.15, 0.2) is 5.65 Å². The molecule has 0 bridgehead atoms. The molecule has 4 heterocycles. The lowest BCUT2D eigenvalue weighted by molar-refractivity contribution is -0.126. The molecule has 8 heteroatoms. The molecule has 1 fully saturated rings. The van der Waals surface area contributed by atoms with Crippen LogP contribution in [-0.2, 0) is 4.79 Å². The maximum Gasteiger partial charge on any atom is 0.298 e. The van der Waals surface area contributed by atoms with Gasteiger partial charge in [-0.05, 0) is 50.0 Å². The van der Waals surface area contributed by atoms with Crippen molar-refractivity contribution in [3.05, 3.63) is 42.1 Å². The van der Waals surface area contributed by atoms with Gasteiger partial charge in [0.1, 0.15) is 12.1 Å². The molecular weight excluding hydrogens is 366 g/mol. The Labute approximate surface area is 168 Å². The average molecular weight is 387 g/mol. The van der Waals surface area contributed by atoms with Crippen LogP contribution in [0.1, 0.15) is 37.2 Å². The number of nitrogens with two attached hydrogens (primary N) is 1. The average Bonchev–Trinajstić information content (AvgIpc) is 3.13. The van der Waals surface area contributed by atoms with Crippen molar-refractivity contribution in [2.45, 2.75) is 25.8 Å². The summed E-state index contributed by atoms with van der Waals surface area (Å²) in [4.78, 5) is 26.8. The highest BCUT2D eigenvalue weighted by atomic mass is 16.2. The van der Waals surface area contributed by atoms with Gasteiger partial charge in [0.25, 0.3) is 5.91 Å². The number of hydrogen-bond donors (Lipinski definition) is 1. The highest BCUT2D eigenvalue weighted by molar-refractivity contribution is 5.95. The fraction of sp³-hybridized carbons (Fsp3) is 0.286. The van der Waals surface area contributed by atoms with Crippen molar-refractivity contribution in [2.24, 2.45) is 0 Å². The van der Waals surface area contributed by atoms with Crippen molar-refractivity contribution in [1.82, 2.24) is 29.6 Å². The van der Waals surface area contributed by atoms with E-state index in [9.17, 15) is 4.79 Å². The third-order valence-corrected chi connectivity index (χ3v) is 4.91. The number of aromatic nitrogens is 5. The van der Waals surface area contributed by atoms with E-state index in [4.69, 9.17) is 10.8 Å². The lowest BCUT2D eigenvalue weighted by Crippen LogP contribution is -2.40. The molecule has 0 radical (unpaired) electrons. The number of amides is 1. The molecule has 1 amide bonds. The second-order valence-corrected chi connectivity index (χ2v) is 6.80. The first kappa shape index (κ1) is 18.6. The highest BCUT2D eigenvalue weighted by Crippen LogP contribution is 2.29. The van der Waals surface area contributed by atoms with Crippen LogP contribution < -0.4 is 5.73 Å². The zero-order valence-electron chi connectivity index (χ0n) is 16.1. The number of hydrogen-bond acceptors (Lipinski definition) is 6. The van der Waals surface area contributed by atoms with E-state index in [2.05, 4.69) is 26.8 Å². The number of piperidine rings is 1. The van der Waals surface area contributed by atoms with E-state index >= 15 is 0 Å². The maximum absolute atomic E-state index is 12.2. The minimum Gasteiger partial charge on any atom is -0.383 e. The number of anilines is 1. The lowest BCUT2D eigenvalue weighted by Gasteiger charge is -2.31. The molecule has 3 aromatic rings. The summed E-state index contributed by atoms with van der Waals surface area (Å²) in [6.07, 6.45) is 8.70. The molecule has 0 saturated carbocycles. The quantitative estimate of drug-likeness (QED) is 0.691. The van der Waals surface area contributed by atoms with Crippen LogP contribution in [0.15, 0.2) is 30.7 Å². The third kappa shape index (κ3) is 3.80. The second-order valence-electron chi connectivity index (χ2n) is 6.80. The second kappa shape index (κ2) is 8.10. The molecule has 29 heavy (non-hydrogen) atoms. The summed E-state index contributed by atoms with van der Waals surface area (Å²) in [6.45, 7) is 2.91. The Balaban J connectivity index is 1.71. The summed E-state index contributed by atoms with van der Waals surface area (Å²) < 4.78 is 1.87. The van der Waals surface area contributed by atoms with E-state index in [0.717, 1.165) is 18.5 Å². The number of rotatable bonds is 3. The van der Waals surface area contributed by atoms with Gasteiger partial charge < -0.3 is 10.6 Å². The largest absolute Gasteiger partial charge is 0.383 e. The zero-order chi connectivity index (χ0) is 20.2. The third-order valence-electron chi connectivity index (χ3n) is 4.91. The lowest BCUT2D eigenvalue weighted by atomic mass is 10.1. The predicted octanol–water partition coefficient (Wildman–Crippen LogP) is 2.16. The van der Waals surface area contributed by atoms with Crippen LogP contribution in [0.4, 0.5) is 5.82 Å². The van der Waals surface area contributed by atoms with Crippen LogP contribution in [0, 0.1) is 11.8 Å². The number of likely N-dealkylation sites (tertiary alicyclic amines) is 1. The van der Waals surface area contributed by atoms with Gasteiger partial charge >= 0.3 is 0 Å². The first-order chi connectivity index (χ1) is 14.2. The SMILES string of the molecule is CC#CC(=O)N1CCCC(n2nc(/C=C/c3ccccn3)c3c(N)ncnc32)C1. The van der Waals surface area contributed by atoms with Crippen LogP contribution >= 0.6 is 0 Å². The first-order valence-electron chi connectivity index (χ1n) is 9.47. The molecule has 1 aliphatic heterocycles. The minimum atomic E-state index is -0.155. The van der Waals surface area contributed by atoms with Crippen LogP contribution in [0.2, 0.25) is 0 Å². The highest BCUT2D eigenvalue weighted by Gasteiger charge is 2.27. The van der Waals surface area contributed by atoms with E-state index in [0.29, 0.717) is 35.6 Å². The van der Waals surface area contributed by atoms with Crippen LogP contribution in [0.3, 0.4) is 0 Å². The topological polar surface area (TPSA) is 103 Å². The molecule has 3 aromatic heterocycles. The molecule has 0 aliphatic carbocycles. The van der Waals surface area contributed by atoms with Crippen LogP contribution in [-0.4, -0.2) is 48.6 Å². The van der Waals surface area contributed by atoms with Gasteiger partial charge in [-0.2, -0.15) is 5.10 Å². The van der Waals surface area contributed by atoms with Gasteiger partial charge in [-0.25, -0.2) is 14.6 Å². The van der Waals surface area contributed by atoms with Crippen LogP contribution in [0.25, 0.3) is 23.2 Å². The number of nitrogens with zero attached hydrogens (tertiary/aromatic N) is 6. The monoisotopic (exact) mass is 387 g/mol. The molecular formula is C21H21N7O. The number of fused-ring (bicyclic) bond motifs is 1. The van der Waals surface area contributed by atoms with E-state index in [1.54, 1.807) is 18.0 Å². The molecule has 1 saturated heterocycles. The Morgan fingerprint density at radius 3 is 2.97 bits per heavy atom. The summed E-state index contributed by atoms with van der Waals surface area (Å²) in [7, 11) is 0. The molecule has 8 nitrogen and oxygen atoms in total. The van der Waals surface area contributed by atoms with Crippen LogP contribution in [0.5, 0.6) is 0 Å². The molecule has 2 N–H and O–H groups in total. The Bertz CT molecular complexity index is 1120. The van der Waals surface area contributed by atoms with E-state index in [1.165, 1.54) is 6.33 Å². The number of carbonyl (C=O) groups excluding carboxylic acids is 1. The van der Waals surface area contributed by atoms with Gasteiger partial charge in [-0.15, -0.1) is 0 Å². The van der Waals surface area contributed by atoms with Gasteiger partial charge in [0.2, 0.25) is 0 Å². The molecule has 1 atom stereocenters. The Morgan fingerprint density at radius 1 is 1.28 bits per heavy atom. The fourth-order valence-electron chi connectivity index (χ4n) is 3.56. The summed E-state index contributed by atoms with van der Waals surface area (Å²) in [5.74, 6) is 5.52. The summed E-state index contributed by atoms with van der Waals surface area (Å²) in [5, 5.41) is 5.48. The first-order valence-corrected chi connectivity index (χ1v) is 9.47.